The van der Waals surface area contributed by atoms with Gasteiger partial charge >= 0.3 is 47.8 Å². The lowest BCUT2D eigenvalue weighted by Gasteiger charge is -2.58. The Hall–Kier alpha value is -11.0. The number of hydrogen-bond donors (Lipinski definition) is 1. The Morgan fingerprint density at radius 2 is 0.803 bits per heavy atom. The fraction of sp³-hybridized carbons (Fsp3) is 0.389. The number of fused-ring (bicyclic) bond motifs is 7. The normalized spacial score (nSPS) is 30.3. The molecule has 6 fully saturated rings. The quantitative estimate of drug-likeness (QED) is 0.0299. The molecule has 15 rings (SSSR count). The van der Waals surface area contributed by atoms with Gasteiger partial charge in [-0.1, -0.05) is 185 Å². The molecule has 22 nitrogen and oxygen atoms in total. The van der Waals surface area contributed by atoms with Crippen molar-refractivity contribution in [2.24, 2.45) is 46.3 Å². The summed E-state index contributed by atoms with van der Waals surface area (Å²) in [6, 6.07) is 65.9. The molecule has 117 heavy (non-hydrogen) atoms. The van der Waals surface area contributed by atoms with E-state index in [1.54, 1.807) is 243 Å². The lowest BCUT2D eigenvalue weighted by molar-refractivity contribution is -0.310. The van der Waals surface area contributed by atoms with Gasteiger partial charge in [-0.15, -0.1) is 0 Å². The Morgan fingerprint density at radius 1 is 0.444 bits per heavy atom. The lowest BCUT2D eigenvalue weighted by atomic mass is 9.47. The van der Waals surface area contributed by atoms with Gasteiger partial charge < -0.3 is 66.7 Å². The number of allylic oxidation sites excluding steroid dienone is 1. The van der Waals surface area contributed by atoms with Crippen molar-refractivity contribution in [3.8, 4) is 0 Å². The highest BCUT2D eigenvalue weighted by molar-refractivity contribution is 5.94. The minimum atomic E-state index is -1.61. The van der Waals surface area contributed by atoms with Gasteiger partial charge in [0.05, 0.1) is 63.3 Å². The summed E-state index contributed by atoms with van der Waals surface area (Å²) in [6.07, 6.45) is -7.55. The van der Waals surface area contributed by atoms with E-state index >= 15 is 0 Å². The van der Waals surface area contributed by atoms with E-state index in [0.29, 0.717) is 31.1 Å². The Labute approximate surface area is 679 Å². The average molecular weight is 1590 g/mol. The second-order valence-electron chi connectivity index (χ2n) is 32.3. The summed E-state index contributed by atoms with van der Waals surface area (Å²) in [7, 11) is 0. The van der Waals surface area contributed by atoms with Crippen LogP contribution in [0.4, 0.5) is 0 Å². The highest BCUT2D eigenvalue weighted by Gasteiger charge is 2.68. The predicted octanol–water partition coefficient (Wildman–Crippen LogP) is 15.2. The zero-order valence-corrected chi connectivity index (χ0v) is 65.6. The number of benzene rings is 8. The molecule has 0 bridgehead atoms. The number of rotatable bonds is 26. The molecule has 0 amide bonds. The average Bonchev–Trinajstić information content (AvgIpc) is 1.55. The van der Waals surface area contributed by atoms with Crippen LogP contribution in [-0.4, -0.2) is 152 Å². The maximum Gasteiger partial charge on any atom is 0.338 e. The van der Waals surface area contributed by atoms with Crippen molar-refractivity contribution in [1.29, 1.82) is 0 Å². The first-order chi connectivity index (χ1) is 56.7. The predicted molar refractivity (Wildman–Crippen MR) is 423 cm³/mol. The number of esters is 8. The van der Waals surface area contributed by atoms with Gasteiger partial charge in [-0.25, -0.2) is 38.4 Å². The summed E-state index contributed by atoms with van der Waals surface area (Å²) in [5.74, 6) is -7.43. The van der Waals surface area contributed by atoms with Gasteiger partial charge in [0.1, 0.15) is 25.4 Å². The van der Waals surface area contributed by atoms with E-state index in [4.69, 9.17) is 61.6 Å². The molecule has 8 aromatic rings. The fourth-order valence-corrected chi connectivity index (χ4v) is 19.0. The van der Waals surface area contributed by atoms with Crippen LogP contribution in [0, 0.1) is 46.3 Å². The summed E-state index contributed by atoms with van der Waals surface area (Å²) < 4.78 is 84.2. The Morgan fingerprint density at radius 3 is 1.21 bits per heavy atom. The van der Waals surface area contributed by atoms with Crippen LogP contribution in [0.1, 0.15) is 168 Å². The molecular formula is C95H96O22. The van der Waals surface area contributed by atoms with Crippen molar-refractivity contribution in [2.75, 3.05) is 19.8 Å². The minimum absolute atomic E-state index is 0.0350. The first kappa shape index (κ1) is 81.2. The van der Waals surface area contributed by atoms with Crippen LogP contribution in [0.5, 0.6) is 0 Å². The molecule has 22 heteroatoms. The van der Waals surface area contributed by atoms with Gasteiger partial charge in [0, 0.05) is 12.3 Å². The molecule has 3 saturated carbocycles. The highest BCUT2D eigenvalue weighted by Crippen LogP contribution is 2.70. The van der Waals surface area contributed by atoms with Gasteiger partial charge in [-0.05, 0) is 189 Å². The third-order valence-corrected chi connectivity index (χ3v) is 25.1. The molecule has 3 saturated heterocycles. The second-order valence-corrected chi connectivity index (χ2v) is 32.3. The molecule has 1 N–H and O–H groups in total. The van der Waals surface area contributed by atoms with E-state index in [1.807, 2.05) is 6.92 Å². The number of carbonyl (C=O) groups excluding carboxylic acids is 8. The van der Waals surface area contributed by atoms with Crippen molar-refractivity contribution in [3.63, 3.8) is 0 Å². The van der Waals surface area contributed by atoms with E-state index in [-0.39, 0.29) is 98.1 Å². The molecule has 4 aliphatic carbocycles. The third-order valence-electron chi connectivity index (χ3n) is 25.1. The number of carbonyl (C=O) groups is 8. The third kappa shape index (κ3) is 17.8. The van der Waals surface area contributed by atoms with E-state index in [0.717, 1.165) is 32.1 Å². The molecule has 0 radical (unpaired) electrons. The maximum atomic E-state index is 14.5. The smallest absolute Gasteiger partial charge is 0.338 e. The highest BCUT2D eigenvalue weighted by atomic mass is 16.8. The molecule has 3 heterocycles. The summed E-state index contributed by atoms with van der Waals surface area (Å²) in [5.41, 5.74) is 2.30. The lowest BCUT2D eigenvalue weighted by Crippen LogP contribution is -2.63. The molecule has 7 aliphatic rings. The van der Waals surface area contributed by atoms with Gasteiger partial charge in [-0.2, -0.15) is 0 Å². The largest absolute Gasteiger partial charge is 0.459 e. The van der Waals surface area contributed by atoms with Crippen LogP contribution in [0.15, 0.2) is 254 Å². The van der Waals surface area contributed by atoms with Crippen LogP contribution in [0.25, 0.3) is 0 Å². The van der Waals surface area contributed by atoms with E-state index in [1.165, 1.54) is 5.57 Å². The number of ether oxygens (including phenoxy) is 13. The van der Waals surface area contributed by atoms with E-state index in [9.17, 15) is 43.5 Å². The van der Waals surface area contributed by atoms with Crippen LogP contribution in [0.3, 0.4) is 0 Å². The van der Waals surface area contributed by atoms with Gasteiger partial charge in [-0.3, -0.25) is 0 Å². The molecule has 1 unspecified atom stereocenters. The van der Waals surface area contributed by atoms with Crippen molar-refractivity contribution >= 4 is 47.8 Å². The Balaban J connectivity index is 0.644. The van der Waals surface area contributed by atoms with E-state index < -0.39 is 134 Å². The Kier molecular flexibility index (Phi) is 24.9. The zero-order chi connectivity index (χ0) is 81.4. The van der Waals surface area contributed by atoms with Gasteiger partial charge in [0.15, 0.2) is 55.0 Å². The van der Waals surface area contributed by atoms with Crippen molar-refractivity contribution in [3.05, 3.63) is 299 Å². The fourth-order valence-electron chi connectivity index (χ4n) is 19.0. The maximum absolute atomic E-state index is 14.5. The van der Waals surface area contributed by atoms with Crippen molar-refractivity contribution in [2.45, 2.75) is 165 Å². The summed E-state index contributed by atoms with van der Waals surface area (Å²) >= 11 is 0. The number of aliphatic hydroxyl groups is 1. The summed E-state index contributed by atoms with van der Waals surface area (Å²) in [4.78, 5) is 113. The topological polar surface area (TPSA) is 277 Å². The molecule has 21 atom stereocenters. The van der Waals surface area contributed by atoms with Gasteiger partial charge in [0.25, 0.3) is 0 Å². The zero-order valence-electron chi connectivity index (χ0n) is 65.6. The van der Waals surface area contributed by atoms with E-state index in [2.05, 4.69) is 26.8 Å². The summed E-state index contributed by atoms with van der Waals surface area (Å²) in [6.45, 7) is 7.77. The minimum Gasteiger partial charge on any atom is -0.459 e. The first-order valence-corrected chi connectivity index (χ1v) is 40.4. The molecular weight excluding hydrogens is 1490 g/mol. The summed E-state index contributed by atoms with van der Waals surface area (Å²) in [5, 5.41) is 12.9. The van der Waals surface area contributed by atoms with Crippen LogP contribution in [0.2, 0.25) is 0 Å². The van der Waals surface area contributed by atoms with Crippen molar-refractivity contribution < 1.29 is 105 Å². The monoisotopic (exact) mass is 1590 g/mol. The van der Waals surface area contributed by atoms with Crippen molar-refractivity contribution in [1.82, 2.24) is 0 Å². The van der Waals surface area contributed by atoms with Crippen LogP contribution < -0.4 is 0 Å². The molecule has 608 valence electrons. The first-order valence-electron chi connectivity index (χ1n) is 40.4. The SMILES string of the molecule is C[C@H](CCC1(O)O[C@H]2C[C@H]3[C@@H]4CC=C5C[C@@H](O[C@H]6O[C@H](COC(=O)c7ccccc7)[C@@H](OC(=O)c7ccccc7)[C@H](OC(=O)c7ccccc7)[C@H]6OC(=O)c6ccccc6)CC[C@]5(C)[C@H]4CC[C@]3(C)[C@H]2[C@@H]1C)CO[C@H]1O[C@H](COC(=O)c2ccccc2)[C@@H](OC(=O)c2ccccc2)[C@H](OC(=O)c2ccccc2)[C@H]1OC(=O)c1ccccc1. The van der Waals surface area contributed by atoms with Crippen LogP contribution >= 0.6 is 0 Å². The van der Waals surface area contributed by atoms with Crippen LogP contribution in [-0.2, 0) is 61.6 Å². The number of hydrogen-bond acceptors (Lipinski definition) is 22. The Bertz CT molecular complexity index is 4810. The molecule has 0 spiro atoms. The standard InChI is InChI=1S/C95H96O22/c1-58(55-107-91-81(115-89(102)66-41-25-11-26-42-66)79(113-87(100)64-37-21-9-22-38-64)77(111-85(98)62-33-17-7-18-34-62)74(109-91)56-105-83(96)60-29-13-5-14-30-60)47-52-95(104)59(2)76-73(117-95)54-72-70-46-45-68-53-69(48-50-93(68,3)71(70)49-51-94(72,76)4)108-92-82(116-90(103)67-43-27-12-28-44-67)80(114-88(101)65-39-23-10-24-40-65)78(112-86(99)63-35-19-8-20-36-63)75(110-92)57-106-84(97)61-31-15-6-16-32-61/h5-45,58-59,69-82,91-92,104H,46-57H2,1-4H3/t58-,59+,69+,70-,71+,72+,73+,74-,75-,76+,77-,78-,79+,80+,81-,82-,91+,92+,93+,94+,95?/m1/s1. The molecule has 8 aromatic carbocycles. The molecule has 3 aliphatic heterocycles. The van der Waals surface area contributed by atoms with Gasteiger partial charge in [0.2, 0.25) is 0 Å². The molecule has 0 aromatic heterocycles. The second kappa shape index (κ2) is 35.9.